The molecule has 3 heteroatoms. The van der Waals surface area contributed by atoms with Gasteiger partial charge in [-0.1, -0.05) is 18.2 Å². The number of nitrogens with one attached hydrogen (secondary N) is 1. The third-order valence-corrected chi connectivity index (χ3v) is 3.63. The quantitative estimate of drug-likeness (QED) is 0.854. The number of likely N-dealkylation sites (N-methyl/N-ethyl adjacent to an activating group) is 1. The van der Waals surface area contributed by atoms with Gasteiger partial charge in [-0.05, 0) is 37.6 Å². The van der Waals surface area contributed by atoms with Gasteiger partial charge in [-0.25, -0.2) is 5.01 Å². The third-order valence-electron chi connectivity index (χ3n) is 3.63. The monoisotopic (exact) mass is 233 g/mol. The van der Waals surface area contributed by atoms with E-state index in [1.807, 2.05) is 0 Å². The summed E-state index contributed by atoms with van der Waals surface area (Å²) in [5.74, 6) is 0. The first-order chi connectivity index (χ1) is 8.16. The normalized spacial score (nSPS) is 18.5. The fraction of sp³-hybridized carbons (Fsp3) is 0.571. The van der Waals surface area contributed by atoms with Crippen LogP contribution < -0.4 is 5.43 Å². The van der Waals surface area contributed by atoms with Gasteiger partial charge in [-0.15, -0.1) is 0 Å². The average molecular weight is 233 g/mol. The predicted octanol–water partition coefficient (Wildman–Crippen LogP) is 1.56. The minimum Gasteiger partial charge on any atom is -0.304 e. The summed E-state index contributed by atoms with van der Waals surface area (Å²) >= 11 is 0. The summed E-state index contributed by atoms with van der Waals surface area (Å²) in [4.78, 5) is 2.37. The first-order valence-electron chi connectivity index (χ1n) is 6.39. The van der Waals surface area contributed by atoms with E-state index in [9.17, 15) is 0 Å². The summed E-state index contributed by atoms with van der Waals surface area (Å²) in [6.07, 6.45) is 0. The van der Waals surface area contributed by atoms with Crippen molar-refractivity contribution < 1.29 is 0 Å². The van der Waals surface area contributed by atoms with Crippen molar-refractivity contribution in [3.63, 3.8) is 0 Å². The molecule has 1 heterocycles. The van der Waals surface area contributed by atoms with Gasteiger partial charge in [0.05, 0.1) is 0 Å². The topological polar surface area (TPSA) is 18.5 Å². The fourth-order valence-electron chi connectivity index (χ4n) is 2.28. The molecule has 0 bridgehead atoms. The van der Waals surface area contributed by atoms with Gasteiger partial charge in [0.15, 0.2) is 0 Å². The number of benzene rings is 1. The molecule has 17 heavy (non-hydrogen) atoms. The second kappa shape index (κ2) is 5.63. The van der Waals surface area contributed by atoms with Crippen LogP contribution in [0, 0.1) is 13.8 Å². The van der Waals surface area contributed by atoms with Crippen molar-refractivity contribution in [2.24, 2.45) is 0 Å². The number of piperazine rings is 1. The van der Waals surface area contributed by atoms with Crippen LogP contribution in [0.15, 0.2) is 18.2 Å². The summed E-state index contributed by atoms with van der Waals surface area (Å²) in [5, 5.41) is 2.34. The van der Waals surface area contributed by atoms with E-state index in [0.717, 1.165) is 32.7 Å². The Morgan fingerprint density at radius 2 is 1.65 bits per heavy atom. The molecule has 1 aromatic rings. The Labute approximate surface area is 104 Å². The highest BCUT2D eigenvalue weighted by Gasteiger charge is 2.13. The Balaban J connectivity index is 1.89. The van der Waals surface area contributed by atoms with E-state index in [4.69, 9.17) is 0 Å². The minimum absolute atomic E-state index is 0.947. The van der Waals surface area contributed by atoms with Crippen molar-refractivity contribution in [2.75, 3.05) is 33.2 Å². The van der Waals surface area contributed by atoms with Crippen molar-refractivity contribution in [2.45, 2.75) is 20.4 Å². The van der Waals surface area contributed by atoms with Crippen LogP contribution in [0.5, 0.6) is 0 Å². The van der Waals surface area contributed by atoms with Crippen LogP contribution in [-0.4, -0.2) is 43.1 Å². The zero-order valence-corrected chi connectivity index (χ0v) is 11.2. The van der Waals surface area contributed by atoms with Crippen molar-refractivity contribution >= 4 is 0 Å². The van der Waals surface area contributed by atoms with E-state index >= 15 is 0 Å². The summed E-state index contributed by atoms with van der Waals surface area (Å²) < 4.78 is 0. The molecule has 0 radical (unpaired) electrons. The van der Waals surface area contributed by atoms with E-state index in [0.29, 0.717) is 0 Å². The molecule has 1 N–H and O–H groups in total. The van der Waals surface area contributed by atoms with Crippen LogP contribution in [0.4, 0.5) is 0 Å². The molecule has 2 rings (SSSR count). The van der Waals surface area contributed by atoms with Crippen LogP contribution in [-0.2, 0) is 6.54 Å². The molecule has 1 aromatic carbocycles. The lowest BCUT2D eigenvalue weighted by molar-refractivity contribution is 0.102. The Hall–Kier alpha value is -0.900. The smallest absolute Gasteiger partial charge is 0.0358 e. The fourth-order valence-corrected chi connectivity index (χ4v) is 2.28. The number of nitrogens with zero attached hydrogens (tertiary/aromatic N) is 2. The molecule has 0 aromatic heterocycles. The predicted molar refractivity (Wildman–Crippen MR) is 71.8 cm³/mol. The molecule has 1 aliphatic rings. The molecule has 94 valence electrons. The first-order valence-corrected chi connectivity index (χ1v) is 6.39. The summed E-state index contributed by atoms with van der Waals surface area (Å²) in [6.45, 7) is 9.85. The zero-order valence-electron chi connectivity index (χ0n) is 11.2. The molecule has 0 saturated carbocycles. The maximum absolute atomic E-state index is 3.55. The molecule has 3 nitrogen and oxygen atoms in total. The van der Waals surface area contributed by atoms with Gasteiger partial charge in [0.2, 0.25) is 0 Å². The molecule has 0 aliphatic carbocycles. The van der Waals surface area contributed by atoms with Crippen LogP contribution in [0.3, 0.4) is 0 Å². The molecule has 1 aliphatic heterocycles. The van der Waals surface area contributed by atoms with Crippen LogP contribution in [0.1, 0.15) is 16.7 Å². The second-order valence-corrected chi connectivity index (χ2v) is 5.00. The maximum atomic E-state index is 3.55. The lowest BCUT2D eigenvalue weighted by Crippen LogP contribution is -2.50. The largest absolute Gasteiger partial charge is 0.304 e. The molecular weight excluding hydrogens is 210 g/mol. The lowest BCUT2D eigenvalue weighted by Gasteiger charge is -2.33. The van der Waals surface area contributed by atoms with Crippen molar-refractivity contribution in [3.8, 4) is 0 Å². The minimum atomic E-state index is 0.947. The number of hydrogen-bond donors (Lipinski definition) is 1. The highest BCUT2D eigenvalue weighted by Crippen LogP contribution is 2.13. The third kappa shape index (κ3) is 3.28. The molecule has 0 spiro atoms. The van der Waals surface area contributed by atoms with E-state index in [1.165, 1.54) is 16.7 Å². The number of hydrogen-bond acceptors (Lipinski definition) is 3. The summed E-state index contributed by atoms with van der Waals surface area (Å²) in [6, 6.07) is 6.51. The highest BCUT2D eigenvalue weighted by atomic mass is 15.5. The van der Waals surface area contributed by atoms with Crippen molar-refractivity contribution in [1.29, 1.82) is 0 Å². The van der Waals surface area contributed by atoms with Crippen molar-refractivity contribution in [1.82, 2.24) is 15.3 Å². The Kier molecular flexibility index (Phi) is 4.15. The molecule has 0 atom stereocenters. The van der Waals surface area contributed by atoms with E-state index in [-0.39, 0.29) is 0 Å². The van der Waals surface area contributed by atoms with E-state index in [2.05, 4.69) is 54.4 Å². The van der Waals surface area contributed by atoms with Crippen LogP contribution >= 0.6 is 0 Å². The molecule has 1 fully saturated rings. The molecular formula is C14H23N3. The van der Waals surface area contributed by atoms with Gasteiger partial charge in [-0.3, -0.25) is 5.43 Å². The van der Waals surface area contributed by atoms with Gasteiger partial charge < -0.3 is 4.90 Å². The lowest BCUT2D eigenvalue weighted by atomic mass is 10.0. The maximum Gasteiger partial charge on any atom is 0.0358 e. The number of hydrazine groups is 1. The van der Waals surface area contributed by atoms with E-state index < -0.39 is 0 Å². The average Bonchev–Trinajstić information content (AvgIpc) is 2.31. The summed E-state index contributed by atoms with van der Waals surface area (Å²) in [5.41, 5.74) is 7.75. The molecule has 0 unspecified atom stereocenters. The van der Waals surface area contributed by atoms with Gasteiger partial charge >= 0.3 is 0 Å². The Bertz CT molecular complexity index is 347. The van der Waals surface area contributed by atoms with E-state index in [1.54, 1.807) is 0 Å². The number of rotatable bonds is 3. The number of aryl methyl sites for hydroxylation is 2. The molecule has 1 saturated heterocycles. The van der Waals surface area contributed by atoms with Gasteiger partial charge in [0.1, 0.15) is 0 Å². The van der Waals surface area contributed by atoms with Crippen LogP contribution in [0.2, 0.25) is 0 Å². The molecule has 0 amide bonds. The van der Waals surface area contributed by atoms with Gasteiger partial charge in [0, 0.05) is 32.7 Å². The van der Waals surface area contributed by atoms with Gasteiger partial charge in [0.25, 0.3) is 0 Å². The highest BCUT2D eigenvalue weighted by molar-refractivity contribution is 5.33. The second-order valence-electron chi connectivity index (χ2n) is 5.00. The Morgan fingerprint density at radius 1 is 1.06 bits per heavy atom. The van der Waals surface area contributed by atoms with Crippen LogP contribution in [0.25, 0.3) is 0 Å². The summed E-state index contributed by atoms with van der Waals surface area (Å²) in [7, 11) is 2.18. The van der Waals surface area contributed by atoms with Crippen molar-refractivity contribution in [3.05, 3.63) is 34.9 Å². The van der Waals surface area contributed by atoms with Gasteiger partial charge in [-0.2, -0.15) is 0 Å². The Morgan fingerprint density at radius 3 is 2.24 bits per heavy atom. The first kappa shape index (κ1) is 12.6. The SMILES string of the molecule is Cc1cccc(C)c1CNN1CCN(C)CC1. The standard InChI is InChI=1S/C14H23N3/c1-12-5-4-6-13(2)14(12)11-15-17-9-7-16(3)8-10-17/h4-6,15H,7-11H2,1-3H3. The zero-order chi connectivity index (χ0) is 12.3.